The second-order valence-electron chi connectivity index (χ2n) is 4.96. The second-order valence-corrected chi connectivity index (χ2v) is 4.96. The van der Waals surface area contributed by atoms with E-state index in [4.69, 9.17) is 0 Å². The first-order valence-corrected chi connectivity index (χ1v) is 7.08. The van der Waals surface area contributed by atoms with Gasteiger partial charge in [-0.3, -0.25) is 0 Å². The fourth-order valence-electron chi connectivity index (χ4n) is 2.21. The van der Waals surface area contributed by atoms with Crippen molar-refractivity contribution >= 4 is 5.82 Å². The van der Waals surface area contributed by atoms with Crippen LogP contribution in [-0.4, -0.2) is 21.3 Å². The summed E-state index contributed by atoms with van der Waals surface area (Å²) in [6.07, 6.45) is 4.70. The molecule has 0 fully saturated rings. The van der Waals surface area contributed by atoms with Crippen LogP contribution in [0.5, 0.6) is 0 Å². The molecule has 1 N–H and O–H groups in total. The third-order valence-electron chi connectivity index (χ3n) is 3.31. The molecule has 0 aliphatic heterocycles. The van der Waals surface area contributed by atoms with E-state index in [0.717, 1.165) is 30.2 Å². The molecule has 0 unspecified atom stereocenters. The summed E-state index contributed by atoms with van der Waals surface area (Å²) in [4.78, 5) is 4.43. The van der Waals surface area contributed by atoms with Crippen LogP contribution in [0.2, 0.25) is 0 Å². The molecule has 2 heterocycles. The lowest BCUT2D eigenvalue weighted by molar-refractivity contribution is 0.878. The van der Waals surface area contributed by atoms with Gasteiger partial charge >= 0.3 is 0 Å². The standard InChI is InChI=1S/C17H18N4/c1-14-4-2-5-17(20-14)18-12-10-15-6-8-16(9-7-15)21-13-3-11-19-21/h2-9,11,13H,10,12H2,1H3,(H,18,20). The zero-order valence-electron chi connectivity index (χ0n) is 12.0. The monoisotopic (exact) mass is 278 g/mol. The zero-order chi connectivity index (χ0) is 14.5. The molecule has 106 valence electrons. The lowest BCUT2D eigenvalue weighted by Crippen LogP contribution is -2.06. The predicted molar refractivity (Wildman–Crippen MR) is 84.7 cm³/mol. The minimum Gasteiger partial charge on any atom is -0.370 e. The van der Waals surface area contributed by atoms with Gasteiger partial charge in [-0.2, -0.15) is 5.10 Å². The van der Waals surface area contributed by atoms with E-state index >= 15 is 0 Å². The second kappa shape index (κ2) is 6.22. The van der Waals surface area contributed by atoms with Crippen molar-refractivity contribution in [1.29, 1.82) is 0 Å². The molecular formula is C17H18N4. The Morgan fingerprint density at radius 1 is 1.05 bits per heavy atom. The molecule has 0 atom stereocenters. The Hall–Kier alpha value is -2.62. The Labute approximate surface area is 124 Å². The molecule has 3 aromatic rings. The van der Waals surface area contributed by atoms with Crippen LogP contribution in [0.1, 0.15) is 11.3 Å². The maximum Gasteiger partial charge on any atom is 0.126 e. The Bertz CT molecular complexity index is 687. The van der Waals surface area contributed by atoms with Crippen LogP contribution in [0, 0.1) is 6.92 Å². The Morgan fingerprint density at radius 3 is 2.62 bits per heavy atom. The quantitative estimate of drug-likeness (QED) is 0.779. The van der Waals surface area contributed by atoms with Gasteiger partial charge in [0.25, 0.3) is 0 Å². The summed E-state index contributed by atoms with van der Waals surface area (Å²) in [5.74, 6) is 0.933. The minimum absolute atomic E-state index is 0.873. The SMILES string of the molecule is Cc1cccc(NCCc2ccc(-n3cccn3)cc2)n1. The molecule has 0 aliphatic carbocycles. The van der Waals surface area contributed by atoms with E-state index in [-0.39, 0.29) is 0 Å². The summed E-state index contributed by atoms with van der Waals surface area (Å²) in [6, 6.07) is 16.4. The van der Waals surface area contributed by atoms with Gasteiger partial charge in [-0.05, 0) is 49.2 Å². The smallest absolute Gasteiger partial charge is 0.126 e. The molecule has 4 nitrogen and oxygen atoms in total. The lowest BCUT2D eigenvalue weighted by atomic mass is 10.1. The van der Waals surface area contributed by atoms with Crippen molar-refractivity contribution in [1.82, 2.24) is 14.8 Å². The average molecular weight is 278 g/mol. The Kier molecular flexibility index (Phi) is 3.96. The summed E-state index contributed by atoms with van der Waals surface area (Å²) in [5.41, 5.74) is 3.41. The number of hydrogen-bond acceptors (Lipinski definition) is 3. The number of rotatable bonds is 5. The number of aryl methyl sites for hydroxylation is 1. The van der Waals surface area contributed by atoms with Crippen LogP contribution >= 0.6 is 0 Å². The average Bonchev–Trinajstić information content (AvgIpc) is 3.02. The maximum absolute atomic E-state index is 4.43. The zero-order valence-corrected chi connectivity index (χ0v) is 12.0. The van der Waals surface area contributed by atoms with Crippen LogP contribution in [0.25, 0.3) is 5.69 Å². The molecule has 0 amide bonds. The van der Waals surface area contributed by atoms with Gasteiger partial charge in [-0.15, -0.1) is 0 Å². The van der Waals surface area contributed by atoms with Gasteiger partial charge in [0.1, 0.15) is 5.82 Å². The molecule has 3 rings (SSSR count). The van der Waals surface area contributed by atoms with Crippen LogP contribution in [0.15, 0.2) is 60.9 Å². The maximum atomic E-state index is 4.43. The topological polar surface area (TPSA) is 42.7 Å². The molecule has 0 saturated carbocycles. The summed E-state index contributed by atoms with van der Waals surface area (Å²) in [7, 11) is 0. The molecule has 0 aliphatic rings. The summed E-state index contributed by atoms with van der Waals surface area (Å²) < 4.78 is 1.86. The summed E-state index contributed by atoms with van der Waals surface area (Å²) in [5, 5.41) is 7.57. The van der Waals surface area contributed by atoms with Crippen LogP contribution in [0.3, 0.4) is 0 Å². The van der Waals surface area contributed by atoms with E-state index in [1.54, 1.807) is 6.20 Å². The number of anilines is 1. The fraction of sp³-hybridized carbons (Fsp3) is 0.176. The number of pyridine rings is 1. The molecule has 21 heavy (non-hydrogen) atoms. The number of aromatic nitrogens is 3. The molecule has 0 spiro atoms. The fourth-order valence-corrected chi connectivity index (χ4v) is 2.21. The van der Waals surface area contributed by atoms with Crippen molar-refractivity contribution in [3.05, 3.63) is 72.2 Å². The van der Waals surface area contributed by atoms with Gasteiger partial charge in [0, 0.05) is 24.6 Å². The molecular weight excluding hydrogens is 260 g/mol. The van der Waals surface area contributed by atoms with Gasteiger partial charge in [-0.1, -0.05) is 18.2 Å². The minimum atomic E-state index is 0.873. The van der Waals surface area contributed by atoms with E-state index in [9.17, 15) is 0 Å². The van der Waals surface area contributed by atoms with Crippen molar-refractivity contribution in [2.24, 2.45) is 0 Å². The van der Waals surface area contributed by atoms with Crippen molar-refractivity contribution in [2.75, 3.05) is 11.9 Å². The first-order valence-electron chi connectivity index (χ1n) is 7.08. The molecule has 2 aromatic heterocycles. The lowest BCUT2D eigenvalue weighted by Gasteiger charge is -2.07. The summed E-state index contributed by atoms with van der Waals surface area (Å²) >= 11 is 0. The van der Waals surface area contributed by atoms with Crippen LogP contribution in [-0.2, 0) is 6.42 Å². The number of nitrogens with zero attached hydrogens (tertiary/aromatic N) is 3. The van der Waals surface area contributed by atoms with Crippen molar-refractivity contribution in [2.45, 2.75) is 13.3 Å². The summed E-state index contributed by atoms with van der Waals surface area (Å²) in [6.45, 7) is 2.87. The van der Waals surface area contributed by atoms with E-state index in [2.05, 4.69) is 39.7 Å². The third kappa shape index (κ3) is 3.48. The highest BCUT2D eigenvalue weighted by atomic mass is 15.3. The van der Waals surface area contributed by atoms with Gasteiger partial charge < -0.3 is 5.32 Å². The predicted octanol–water partition coefficient (Wildman–Crippen LogP) is 3.23. The van der Waals surface area contributed by atoms with Crippen molar-refractivity contribution in [3.63, 3.8) is 0 Å². The van der Waals surface area contributed by atoms with E-state index in [1.165, 1.54) is 5.56 Å². The highest BCUT2D eigenvalue weighted by Gasteiger charge is 1.98. The van der Waals surface area contributed by atoms with Gasteiger partial charge in [0.05, 0.1) is 5.69 Å². The van der Waals surface area contributed by atoms with E-state index in [1.807, 2.05) is 42.1 Å². The van der Waals surface area contributed by atoms with E-state index < -0.39 is 0 Å². The Morgan fingerprint density at radius 2 is 1.90 bits per heavy atom. The van der Waals surface area contributed by atoms with E-state index in [0.29, 0.717) is 0 Å². The van der Waals surface area contributed by atoms with Gasteiger partial charge in [-0.25, -0.2) is 9.67 Å². The van der Waals surface area contributed by atoms with Crippen LogP contribution in [0.4, 0.5) is 5.82 Å². The molecule has 0 radical (unpaired) electrons. The number of benzene rings is 1. The largest absolute Gasteiger partial charge is 0.370 e. The molecule has 1 aromatic carbocycles. The van der Waals surface area contributed by atoms with Crippen molar-refractivity contribution in [3.8, 4) is 5.69 Å². The molecule has 0 saturated heterocycles. The molecule has 0 bridgehead atoms. The number of nitrogens with one attached hydrogen (secondary N) is 1. The highest BCUT2D eigenvalue weighted by Crippen LogP contribution is 2.10. The normalized spacial score (nSPS) is 10.5. The van der Waals surface area contributed by atoms with Gasteiger partial charge in [0.2, 0.25) is 0 Å². The van der Waals surface area contributed by atoms with Crippen molar-refractivity contribution < 1.29 is 0 Å². The highest BCUT2D eigenvalue weighted by molar-refractivity contribution is 5.37. The Balaban J connectivity index is 1.56. The van der Waals surface area contributed by atoms with Gasteiger partial charge in [0.15, 0.2) is 0 Å². The third-order valence-corrected chi connectivity index (χ3v) is 3.31. The first kappa shape index (κ1) is 13.4. The first-order chi connectivity index (χ1) is 10.3. The number of hydrogen-bond donors (Lipinski definition) is 1. The van der Waals surface area contributed by atoms with Crippen LogP contribution < -0.4 is 5.32 Å². The molecule has 4 heteroatoms.